The van der Waals surface area contributed by atoms with E-state index < -0.39 is 5.60 Å². The maximum atomic E-state index is 12.0. The summed E-state index contributed by atoms with van der Waals surface area (Å²) < 4.78 is 5.40. The van der Waals surface area contributed by atoms with Crippen LogP contribution in [-0.2, 0) is 4.74 Å². The van der Waals surface area contributed by atoms with Gasteiger partial charge < -0.3 is 14.5 Å². The van der Waals surface area contributed by atoms with Gasteiger partial charge in [-0.15, -0.1) is 6.42 Å². The maximum absolute atomic E-state index is 12.0. The average Bonchev–Trinajstić information content (AvgIpc) is 2.46. The fraction of sp³-hybridized carbons (Fsp3) is 0.529. The highest BCUT2D eigenvalue weighted by Gasteiger charge is 2.26. The van der Waals surface area contributed by atoms with E-state index >= 15 is 0 Å². The Kier molecular flexibility index (Phi) is 4.60. The molecule has 118 valence electrons. The summed E-state index contributed by atoms with van der Waals surface area (Å²) in [5, 5.41) is 0. The van der Waals surface area contributed by atoms with Crippen LogP contribution in [0.3, 0.4) is 0 Å². The molecule has 1 aliphatic rings. The third-order valence-electron chi connectivity index (χ3n) is 3.50. The largest absolute Gasteiger partial charge is 0.444 e. The van der Waals surface area contributed by atoms with E-state index in [1.165, 1.54) is 0 Å². The van der Waals surface area contributed by atoms with Gasteiger partial charge in [0.1, 0.15) is 11.4 Å². The molecule has 0 bridgehead atoms. The highest BCUT2D eigenvalue weighted by atomic mass is 16.6. The Morgan fingerprint density at radius 1 is 1.32 bits per heavy atom. The Bertz CT molecular complexity index is 591. The first-order valence-corrected chi connectivity index (χ1v) is 7.46. The van der Waals surface area contributed by atoms with Gasteiger partial charge in [-0.05, 0) is 39.3 Å². The number of hydrogen-bond acceptors (Lipinski definition) is 4. The predicted octanol–water partition coefficient (Wildman–Crippen LogP) is 2.43. The molecule has 0 N–H and O–H groups in total. The molecule has 0 aromatic carbocycles. The standard InChI is InChI=1S/C17H23N3O2/c1-6-14-11-15(18-12-13(14)2)19-7-9-20(10-8-19)16(21)22-17(3,4)5/h1,11-12H,7-10H2,2-5H3. The Labute approximate surface area is 132 Å². The van der Waals surface area contributed by atoms with Crippen LogP contribution in [0.4, 0.5) is 10.6 Å². The van der Waals surface area contributed by atoms with Gasteiger partial charge in [0, 0.05) is 37.9 Å². The van der Waals surface area contributed by atoms with Crippen molar-refractivity contribution in [2.24, 2.45) is 0 Å². The molecule has 0 aliphatic carbocycles. The maximum Gasteiger partial charge on any atom is 0.410 e. The van der Waals surface area contributed by atoms with Crippen LogP contribution in [0.1, 0.15) is 31.9 Å². The third kappa shape index (κ3) is 3.91. The van der Waals surface area contributed by atoms with E-state index in [4.69, 9.17) is 11.2 Å². The summed E-state index contributed by atoms with van der Waals surface area (Å²) in [5.74, 6) is 3.54. The first-order chi connectivity index (χ1) is 10.3. The lowest BCUT2D eigenvalue weighted by molar-refractivity contribution is 0.0240. The first kappa shape index (κ1) is 16.2. The number of hydrogen-bond donors (Lipinski definition) is 0. The molecule has 2 rings (SSSR count). The third-order valence-corrected chi connectivity index (χ3v) is 3.50. The lowest BCUT2D eigenvalue weighted by Crippen LogP contribution is -2.50. The molecular formula is C17H23N3O2. The molecule has 0 saturated carbocycles. The number of rotatable bonds is 1. The quantitative estimate of drug-likeness (QED) is 0.747. The Balaban J connectivity index is 1.98. The molecule has 0 spiro atoms. The number of ether oxygens (including phenoxy) is 1. The van der Waals surface area contributed by atoms with E-state index in [1.54, 1.807) is 11.1 Å². The zero-order chi connectivity index (χ0) is 16.3. The minimum Gasteiger partial charge on any atom is -0.444 e. The van der Waals surface area contributed by atoms with Gasteiger partial charge in [0.05, 0.1) is 0 Å². The van der Waals surface area contributed by atoms with Gasteiger partial charge in [0.15, 0.2) is 0 Å². The Morgan fingerprint density at radius 3 is 2.50 bits per heavy atom. The van der Waals surface area contributed by atoms with Crippen molar-refractivity contribution in [3.63, 3.8) is 0 Å². The van der Waals surface area contributed by atoms with Gasteiger partial charge in [-0.25, -0.2) is 9.78 Å². The second kappa shape index (κ2) is 6.27. The van der Waals surface area contributed by atoms with Crippen LogP contribution in [0.2, 0.25) is 0 Å². The van der Waals surface area contributed by atoms with E-state index in [-0.39, 0.29) is 6.09 Å². The number of pyridine rings is 1. The lowest BCUT2D eigenvalue weighted by Gasteiger charge is -2.36. The molecule has 0 unspecified atom stereocenters. The number of terminal acetylenes is 1. The summed E-state index contributed by atoms with van der Waals surface area (Å²) in [4.78, 5) is 20.4. The lowest BCUT2D eigenvalue weighted by atomic mass is 10.1. The summed E-state index contributed by atoms with van der Waals surface area (Å²) in [5.41, 5.74) is 1.40. The normalized spacial score (nSPS) is 15.4. The molecule has 1 fully saturated rings. The molecule has 1 aromatic heterocycles. The summed E-state index contributed by atoms with van der Waals surface area (Å²) in [6, 6.07) is 1.93. The molecule has 22 heavy (non-hydrogen) atoms. The highest BCUT2D eigenvalue weighted by Crippen LogP contribution is 2.18. The van der Waals surface area contributed by atoms with Crippen molar-refractivity contribution in [1.82, 2.24) is 9.88 Å². The molecule has 1 aliphatic heterocycles. The van der Waals surface area contributed by atoms with Crippen LogP contribution in [0.25, 0.3) is 0 Å². The van der Waals surface area contributed by atoms with Gasteiger partial charge in [-0.2, -0.15) is 0 Å². The van der Waals surface area contributed by atoms with Gasteiger partial charge in [0.2, 0.25) is 0 Å². The van der Waals surface area contributed by atoms with Gasteiger partial charge in [-0.3, -0.25) is 0 Å². The topological polar surface area (TPSA) is 45.7 Å². The Morgan fingerprint density at radius 2 is 1.95 bits per heavy atom. The second-order valence-corrected chi connectivity index (χ2v) is 6.46. The predicted molar refractivity (Wildman–Crippen MR) is 86.9 cm³/mol. The number of carbonyl (C=O) groups is 1. The van der Waals surface area contributed by atoms with Crippen LogP contribution in [0, 0.1) is 19.3 Å². The molecule has 2 heterocycles. The van der Waals surface area contributed by atoms with Gasteiger partial charge in [0.25, 0.3) is 0 Å². The summed E-state index contributed by atoms with van der Waals surface area (Å²) in [6.07, 6.45) is 7.04. The van der Waals surface area contributed by atoms with Crippen molar-refractivity contribution in [3.05, 3.63) is 23.4 Å². The number of carbonyl (C=O) groups excluding carboxylic acids is 1. The smallest absolute Gasteiger partial charge is 0.410 e. The molecule has 5 heteroatoms. The number of aryl methyl sites for hydroxylation is 1. The van der Waals surface area contributed by atoms with E-state index in [0.717, 1.165) is 30.0 Å². The van der Waals surface area contributed by atoms with Crippen LogP contribution >= 0.6 is 0 Å². The monoisotopic (exact) mass is 301 g/mol. The van der Waals surface area contributed by atoms with Crippen molar-refractivity contribution in [2.45, 2.75) is 33.3 Å². The van der Waals surface area contributed by atoms with Crippen molar-refractivity contribution in [2.75, 3.05) is 31.1 Å². The molecule has 0 atom stereocenters. The van der Waals surface area contributed by atoms with Gasteiger partial charge >= 0.3 is 6.09 Å². The number of anilines is 1. The summed E-state index contributed by atoms with van der Waals surface area (Å²) in [6.45, 7) is 10.3. The second-order valence-electron chi connectivity index (χ2n) is 6.46. The average molecular weight is 301 g/mol. The van der Waals surface area contributed by atoms with E-state index in [1.807, 2.05) is 33.8 Å². The number of nitrogens with zero attached hydrogens (tertiary/aromatic N) is 3. The van der Waals surface area contributed by atoms with Crippen LogP contribution in [0.15, 0.2) is 12.3 Å². The van der Waals surface area contributed by atoms with Crippen LogP contribution in [0.5, 0.6) is 0 Å². The van der Waals surface area contributed by atoms with Crippen molar-refractivity contribution < 1.29 is 9.53 Å². The van der Waals surface area contributed by atoms with E-state index in [0.29, 0.717) is 13.1 Å². The van der Waals surface area contributed by atoms with Crippen molar-refractivity contribution in [3.8, 4) is 12.3 Å². The molecule has 1 aromatic rings. The molecule has 5 nitrogen and oxygen atoms in total. The zero-order valence-corrected chi connectivity index (χ0v) is 13.7. The van der Waals surface area contributed by atoms with Crippen molar-refractivity contribution >= 4 is 11.9 Å². The zero-order valence-electron chi connectivity index (χ0n) is 13.7. The minimum absolute atomic E-state index is 0.256. The SMILES string of the molecule is C#Cc1cc(N2CCN(C(=O)OC(C)(C)C)CC2)ncc1C. The minimum atomic E-state index is -0.464. The number of aromatic nitrogens is 1. The summed E-state index contributed by atoms with van der Waals surface area (Å²) >= 11 is 0. The van der Waals surface area contributed by atoms with E-state index in [9.17, 15) is 4.79 Å². The first-order valence-electron chi connectivity index (χ1n) is 7.46. The number of piperazine rings is 1. The summed E-state index contributed by atoms with van der Waals surface area (Å²) in [7, 11) is 0. The van der Waals surface area contributed by atoms with E-state index in [2.05, 4.69) is 15.8 Å². The fourth-order valence-corrected chi connectivity index (χ4v) is 2.29. The molecule has 0 radical (unpaired) electrons. The van der Waals surface area contributed by atoms with Crippen LogP contribution < -0.4 is 4.90 Å². The fourth-order valence-electron chi connectivity index (χ4n) is 2.29. The molecular weight excluding hydrogens is 278 g/mol. The van der Waals surface area contributed by atoms with Crippen LogP contribution in [-0.4, -0.2) is 47.8 Å². The van der Waals surface area contributed by atoms with Gasteiger partial charge in [-0.1, -0.05) is 5.92 Å². The Hall–Kier alpha value is -2.22. The highest BCUT2D eigenvalue weighted by molar-refractivity contribution is 5.68. The van der Waals surface area contributed by atoms with Crippen molar-refractivity contribution in [1.29, 1.82) is 0 Å². The molecule has 1 saturated heterocycles. The molecule has 1 amide bonds. The number of amides is 1.